The summed E-state index contributed by atoms with van der Waals surface area (Å²) in [5.74, 6) is -2.46. The molecule has 1 aliphatic carbocycles. The molecule has 0 heterocycles. The summed E-state index contributed by atoms with van der Waals surface area (Å²) in [7, 11) is 0. The molecule has 1 aromatic carbocycles. The third-order valence-corrected chi connectivity index (χ3v) is 3.94. The van der Waals surface area contributed by atoms with Crippen molar-refractivity contribution in [3.63, 3.8) is 0 Å². The van der Waals surface area contributed by atoms with E-state index in [1.165, 1.54) is 0 Å². The first-order valence-electron chi connectivity index (χ1n) is 5.73. The Morgan fingerprint density at radius 2 is 1.68 bits per heavy atom. The summed E-state index contributed by atoms with van der Waals surface area (Å²) in [4.78, 5) is 23.1. The van der Waals surface area contributed by atoms with E-state index in [-0.39, 0.29) is 5.91 Å². The summed E-state index contributed by atoms with van der Waals surface area (Å²) in [6, 6.07) is 4.69. The van der Waals surface area contributed by atoms with Crippen LogP contribution in [0.4, 0.5) is 5.69 Å². The van der Waals surface area contributed by atoms with Gasteiger partial charge in [-0.1, -0.05) is 37.0 Å². The van der Waals surface area contributed by atoms with Crippen molar-refractivity contribution in [3.8, 4) is 0 Å². The third kappa shape index (κ3) is 2.69. The van der Waals surface area contributed by atoms with Gasteiger partial charge >= 0.3 is 5.97 Å². The zero-order valence-electron chi connectivity index (χ0n) is 10.4. The molecule has 4 nitrogen and oxygen atoms in total. The number of rotatable bonds is 3. The van der Waals surface area contributed by atoms with Crippen LogP contribution in [0.25, 0.3) is 0 Å². The van der Waals surface area contributed by atoms with Crippen LogP contribution in [0.3, 0.4) is 0 Å². The summed E-state index contributed by atoms with van der Waals surface area (Å²) in [5, 5.41) is 12.5. The second kappa shape index (κ2) is 4.69. The van der Waals surface area contributed by atoms with Crippen molar-refractivity contribution in [1.29, 1.82) is 0 Å². The average molecular weight is 302 g/mol. The lowest BCUT2D eigenvalue weighted by atomic mass is 10.1. The van der Waals surface area contributed by atoms with Crippen LogP contribution < -0.4 is 5.32 Å². The van der Waals surface area contributed by atoms with Crippen LogP contribution in [0.15, 0.2) is 18.2 Å². The van der Waals surface area contributed by atoms with E-state index in [1.54, 1.807) is 32.0 Å². The topological polar surface area (TPSA) is 66.4 Å². The van der Waals surface area contributed by atoms with Gasteiger partial charge in [-0.25, -0.2) is 0 Å². The lowest BCUT2D eigenvalue weighted by molar-refractivity contribution is -0.140. The van der Waals surface area contributed by atoms with Crippen molar-refractivity contribution in [1.82, 2.24) is 0 Å². The minimum absolute atomic E-state index is 0.323. The maximum Gasteiger partial charge on any atom is 0.307 e. The van der Waals surface area contributed by atoms with Gasteiger partial charge in [-0.05, 0) is 23.6 Å². The zero-order valence-corrected chi connectivity index (χ0v) is 11.9. The van der Waals surface area contributed by atoms with Crippen LogP contribution in [0.1, 0.15) is 13.8 Å². The standard InChI is InChI=1S/C13H13Cl2NO3/c1-13(2)9(10(13)12(18)19)11(17)16-8-4-6(14)3-7(15)5-8/h3-5,9-10H,1-2H3,(H,16,17)(H,18,19)/t9-,10+/m0/s1. The van der Waals surface area contributed by atoms with Crippen LogP contribution in [0.2, 0.25) is 10.0 Å². The molecule has 1 fully saturated rings. The Labute approximate surface area is 120 Å². The molecule has 0 unspecified atom stereocenters. The molecule has 0 aliphatic heterocycles. The van der Waals surface area contributed by atoms with E-state index in [0.29, 0.717) is 15.7 Å². The van der Waals surface area contributed by atoms with Gasteiger partial charge in [-0.15, -0.1) is 0 Å². The minimum Gasteiger partial charge on any atom is -0.481 e. The van der Waals surface area contributed by atoms with Crippen LogP contribution in [0.5, 0.6) is 0 Å². The molecular weight excluding hydrogens is 289 g/mol. The fourth-order valence-corrected chi connectivity index (χ4v) is 2.96. The van der Waals surface area contributed by atoms with Crippen molar-refractivity contribution in [2.45, 2.75) is 13.8 Å². The van der Waals surface area contributed by atoms with Crippen molar-refractivity contribution in [2.75, 3.05) is 5.32 Å². The average Bonchev–Trinajstić information content (AvgIpc) is 2.80. The third-order valence-electron chi connectivity index (χ3n) is 3.51. The highest BCUT2D eigenvalue weighted by Crippen LogP contribution is 2.58. The molecule has 102 valence electrons. The Morgan fingerprint density at radius 3 is 2.11 bits per heavy atom. The van der Waals surface area contributed by atoms with Gasteiger partial charge in [-0.3, -0.25) is 9.59 Å². The van der Waals surface area contributed by atoms with Crippen molar-refractivity contribution < 1.29 is 14.7 Å². The molecule has 0 spiro atoms. The lowest BCUT2D eigenvalue weighted by Crippen LogP contribution is -2.17. The Bertz CT molecular complexity index is 537. The molecule has 1 aromatic rings. The molecule has 0 bridgehead atoms. The Morgan fingerprint density at radius 1 is 1.16 bits per heavy atom. The number of aliphatic carboxylic acids is 1. The van der Waals surface area contributed by atoms with Gasteiger partial charge in [0.1, 0.15) is 0 Å². The van der Waals surface area contributed by atoms with E-state index in [9.17, 15) is 9.59 Å². The molecule has 1 amide bonds. The van der Waals surface area contributed by atoms with Gasteiger partial charge in [0.05, 0.1) is 11.8 Å². The van der Waals surface area contributed by atoms with Gasteiger partial charge in [-0.2, -0.15) is 0 Å². The molecule has 0 radical (unpaired) electrons. The highest BCUT2D eigenvalue weighted by molar-refractivity contribution is 6.35. The van der Waals surface area contributed by atoms with Crippen LogP contribution in [0, 0.1) is 17.3 Å². The summed E-state index contributed by atoms with van der Waals surface area (Å²) in [6.07, 6.45) is 0. The summed E-state index contributed by atoms with van der Waals surface area (Å²) >= 11 is 11.7. The van der Waals surface area contributed by atoms with Crippen LogP contribution in [-0.2, 0) is 9.59 Å². The molecule has 0 saturated heterocycles. The molecular formula is C13H13Cl2NO3. The molecule has 1 saturated carbocycles. The van der Waals surface area contributed by atoms with Gasteiger partial charge in [0, 0.05) is 15.7 Å². The number of halogens is 2. The molecule has 2 atom stereocenters. The van der Waals surface area contributed by atoms with Crippen LogP contribution in [-0.4, -0.2) is 17.0 Å². The first-order valence-corrected chi connectivity index (χ1v) is 6.49. The molecule has 2 N–H and O–H groups in total. The van der Waals surface area contributed by atoms with Gasteiger partial charge in [0.25, 0.3) is 0 Å². The fraction of sp³-hybridized carbons (Fsp3) is 0.385. The van der Waals surface area contributed by atoms with E-state index in [4.69, 9.17) is 28.3 Å². The fourth-order valence-electron chi connectivity index (χ4n) is 2.43. The normalized spacial score (nSPS) is 23.8. The number of hydrogen-bond donors (Lipinski definition) is 2. The minimum atomic E-state index is -0.950. The maximum absolute atomic E-state index is 12.1. The Balaban J connectivity index is 2.13. The van der Waals surface area contributed by atoms with Crippen molar-refractivity contribution in [2.24, 2.45) is 17.3 Å². The second-order valence-corrected chi connectivity index (χ2v) is 6.14. The molecule has 2 rings (SSSR count). The maximum atomic E-state index is 12.1. The number of carboxylic acids is 1. The van der Waals surface area contributed by atoms with E-state index in [2.05, 4.69) is 5.32 Å². The molecule has 1 aliphatic rings. The predicted octanol–water partition coefficient (Wildman–Crippen LogP) is 3.29. The SMILES string of the molecule is CC1(C)[C@H](C(=O)Nc2cc(Cl)cc(Cl)c2)[C@@H]1C(=O)O. The number of amides is 1. The van der Waals surface area contributed by atoms with Gasteiger partial charge < -0.3 is 10.4 Å². The van der Waals surface area contributed by atoms with Crippen molar-refractivity contribution >= 4 is 40.8 Å². The number of benzene rings is 1. The van der Waals surface area contributed by atoms with E-state index < -0.39 is 23.2 Å². The first kappa shape index (κ1) is 14.2. The number of anilines is 1. The summed E-state index contributed by atoms with van der Waals surface area (Å²) in [6.45, 7) is 3.53. The van der Waals surface area contributed by atoms with E-state index >= 15 is 0 Å². The van der Waals surface area contributed by atoms with Gasteiger partial charge in [0.2, 0.25) is 5.91 Å². The quantitative estimate of drug-likeness (QED) is 0.900. The molecule has 0 aromatic heterocycles. The Hall–Kier alpha value is -1.26. The lowest BCUT2D eigenvalue weighted by Gasteiger charge is -2.07. The smallest absolute Gasteiger partial charge is 0.307 e. The number of hydrogen-bond acceptors (Lipinski definition) is 2. The highest BCUT2D eigenvalue weighted by Gasteiger charge is 2.65. The highest BCUT2D eigenvalue weighted by atomic mass is 35.5. The second-order valence-electron chi connectivity index (χ2n) is 5.26. The number of carbonyl (C=O) groups excluding carboxylic acids is 1. The summed E-state index contributed by atoms with van der Waals surface area (Å²) < 4.78 is 0. The van der Waals surface area contributed by atoms with Crippen LogP contribution >= 0.6 is 23.2 Å². The monoisotopic (exact) mass is 301 g/mol. The molecule has 6 heteroatoms. The van der Waals surface area contributed by atoms with E-state index in [0.717, 1.165) is 0 Å². The van der Waals surface area contributed by atoms with Gasteiger partial charge in [0.15, 0.2) is 0 Å². The van der Waals surface area contributed by atoms with Crippen molar-refractivity contribution in [3.05, 3.63) is 28.2 Å². The zero-order chi connectivity index (χ0) is 14.4. The predicted molar refractivity (Wildman–Crippen MR) is 73.5 cm³/mol. The molecule has 19 heavy (non-hydrogen) atoms. The Kier molecular flexibility index (Phi) is 3.49. The van der Waals surface area contributed by atoms with E-state index in [1.807, 2.05) is 0 Å². The first-order chi connectivity index (χ1) is 8.73. The number of carboxylic acid groups (broad SMARTS) is 1. The number of carbonyl (C=O) groups is 2. The largest absolute Gasteiger partial charge is 0.481 e. The number of nitrogens with one attached hydrogen (secondary N) is 1. The summed E-state index contributed by atoms with van der Waals surface area (Å²) in [5.41, 5.74) is -0.0625.